The van der Waals surface area contributed by atoms with E-state index in [1.165, 1.54) is 12.4 Å². The van der Waals surface area contributed by atoms with Gasteiger partial charge in [-0.3, -0.25) is 5.10 Å². The van der Waals surface area contributed by atoms with Crippen molar-refractivity contribution in [3.63, 3.8) is 0 Å². The van der Waals surface area contributed by atoms with Crippen molar-refractivity contribution in [1.29, 1.82) is 0 Å². The summed E-state index contributed by atoms with van der Waals surface area (Å²) in [5.74, 6) is 0. The van der Waals surface area contributed by atoms with E-state index in [2.05, 4.69) is 30.8 Å². The molecule has 0 amide bonds. The van der Waals surface area contributed by atoms with Gasteiger partial charge in [0.1, 0.15) is 4.90 Å². The van der Waals surface area contributed by atoms with Crippen LogP contribution in [0, 0.1) is 0 Å². The van der Waals surface area contributed by atoms with Crippen molar-refractivity contribution in [2.75, 3.05) is 5.33 Å². The lowest BCUT2D eigenvalue weighted by Crippen LogP contribution is -2.34. The zero-order valence-corrected chi connectivity index (χ0v) is 10.8. The van der Waals surface area contributed by atoms with Gasteiger partial charge in [0.15, 0.2) is 0 Å². The molecule has 1 aromatic heterocycles. The van der Waals surface area contributed by atoms with Crippen molar-refractivity contribution in [2.45, 2.75) is 30.7 Å². The number of hydrogen-bond donors (Lipinski definition) is 2. The van der Waals surface area contributed by atoms with Gasteiger partial charge in [-0.05, 0) is 12.8 Å². The smallest absolute Gasteiger partial charge is 0.243 e. The molecule has 1 rings (SSSR count). The summed E-state index contributed by atoms with van der Waals surface area (Å²) < 4.78 is 26.1. The molecule has 1 atom stereocenters. The number of alkyl halides is 1. The standard InChI is InChI=1S/C8H14BrN3O2S/c1-2-7(3-4-9)12-15(13,14)8-5-10-11-6-8/h5-7,12H,2-4H2,1H3,(H,10,11). The fourth-order valence-electron chi connectivity index (χ4n) is 1.15. The van der Waals surface area contributed by atoms with Crippen LogP contribution in [0.5, 0.6) is 0 Å². The molecule has 0 saturated heterocycles. The summed E-state index contributed by atoms with van der Waals surface area (Å²) in [6.45, 7) is 1.95. The summed E-state index contributed by atoms with van der Waals surface area (Å²) in [4.78, 5) is 0.176. The highest BCUT2D eigenvalue weighted by molar-refractivity contribution is 9.09. The highest BCUT2D eigenvalue weighted by atomic mass is 79.9. The second kappa shape index (κ2) is 5.62. The van der Waals surface area contributed by atoms with Crippen LogP contribution >= 0.6 is 15.9 Å². The van der Waals surface area contributed by atoms with Crippen LogP contribution < -0.4 is 4.72 Å². The molecule has 15 heavy (non-hydrogen) atoms. The van der Waals surface area contributed by atoms with E-state index in [-0.39, 0.29) is 10.9 Å². The van der Waals surface area contributed by atoms with Crippen molar-refractivity contribution < 1.29 is 8.42 Å². The molecule has 1 unspecified atom stereocenters. The molecular formula is C8H14BrN3O2S. The topological polar surface area (TPSA) is 74.8 Å². The van der Waals surface area contributed by atoms with Crippen LogP contribution in [-0.4, -0.2) is 30.0 Å². The third-order valence-corrected chi connectivity index (χ3v) is 4.00. The van der Waals surface area contributed by atoms with E-state index in [9.17, 15) is 8.42 Å². The van der Waals surface area contributed by atoms with Crippen LogP contribution in [0.25, 0.3) is 0 Å². The normalized spacial score (nSPS) is 14.0. The number of sulfonamides is 1. The van der Waals surface area contributed by atoms with E-state index in [0.717, 1.165) is 18.2 Å². The molecule has 0 aromatic carbocycles. The Morgan fingerprint density at radius 3 is 2.87 bits per heavy atom. The number of halogens is 1. The van der Waals surface area contributed by atoms with Crippen LogP contribution in [-0.2, 0) is 10.0 Å². The van der Waals surface area contributed by atoms with Crippen LogP contribution in [0.3, 0.4) is 0 Å². The maximum Gasteiger partial charge on any atom is 0.243 e. The van der Waals surface area contributed by atoms with Gasteiger partial charge in [-0.15, -0.1) is 0 Å². The molecule has 0 saturated carbocycles. The Morgan fingerprint density at radius 2 is 2.40 bits per heavy atom. The molecule has 0 bridgehead atoms. The Kier molecular flexibility index (Phi) is 4.75. The first kappa shape index (κ1) is 12.7. The van der Waals surface area contributed by atoms with Gasteiger partial charge in [-0.25, -0.2) is 13.1 Å². The van der Waals surface area contributed by atoms with Crippen LogP contribution in [0.15, 0.2) is 17.3 Å². The summed E-state index contributed by atoms with van der Waals surface area (Å²) in [5.41, 5.74) is 0. The largest absolute Gasteiger partial charge is 0.284 e. The van der Waals surface area contributed by atoms with Crippen LogP contribution in [0.1, 0.15) is 19.8 Å². The monoisotopic (exact) mass is 295 g/mol. The molecule has 5 nitrogen and oxygen atoms in total. The molecule has 2 N–H and O–H groups in total. The predicted octanol–water partition coefficient (Wildman–Crippen LogP) is 1.25. The van der Waals surface area contributed by atoms with E-state index < -0.39 is 10.0 Å². The van der Waals surface area contributed by atoms with E-state index in [0.29, 0.717) is 0 Å². The third-order valence-electron chi connectivity index (χ3n) is 2.06. The van der Waals surface area contributed by atoms with E-state index in [4.69, 9.17) is 0 Å². The summed E-state index contributed by atoms with van der Waals surface area (Å²) in [6, 6.07) is -0.0377. The number of H-pyrrole nitrogens is 1. The summed E-state index contributed by atoms with van der Waals surface area (Å²) in [5, 5.41) is 6.87. The second-order valence-corrected chi connectivity index (χ2v) is 5.65. The first-order valence-corrected chi connectivity index (χ1v) is 7.27. The molecule has 0 aliphatic rings. The first-order valence-electron chi connectivity index (χ1n) is 4.67. The predicted molar refractivity (Wildman–Crippen MR) is 61.4 cm³/mol. The minimum atomic E-state index is -3.42. The van der Waals surface area contributed by atoms with Gasteiger partial charge in [-0.1, -0.05) is 22.9 Å². The molecule has 7 heteroatoms. The fourth-order valence-corrected chi connectivity index (χ4v) is 2.96. The zero-order chi connectivity index (χ0) is 11.3. The number of hydrogen-bond acceptors (Lipinski definition) is 3. The van der Waals surface area contributed by atoms with Crippen LogP contribution in [0.4, 0.5) is 0 Å². The van der Waals surface area contributed by atoms with Gasteiger partial charge in [-0.2, -0.15) is 5.10 Å². The Morgan fingerprint density at radius 1 is 1.67 bits per heavy atom. The number of rotatable bonds is 6. The lowest BCUT2D eigenvalue weighted by atomic mass is 10.2. The molecule has 0 aliphatic carbocycles. The van der Waals surface area contributed by atoms with E-state index in [1.54, 1.807) is 0 Å². The maximum atomic E-state index is 11.8. The minimum absolute atomic E-state index is 0.0377. The molecule has 0 fully saturated rings. The summed E-state index contributed by atoms with van der Waals surface area (Å²) in [7, 11) is -3.42. The summed E-state index contributed by atoms with van der Waals surface area (Å²) in [6.07, 6.45) is 4.20. The second-order valence-electron chi connectivity index (χ2n) is 3.14. The maximum absolute atomic E-state index is 11.8. The molecule has 86 valence electrons. The molecule has 0 radical (unpaired) electrons. The highest BCUT2D eigenvalue weighted by Crippen LogP contribution is 2.09. The molecule has 1 aromatic rings. The van der Waals surface area contributed by atoms with E-state index >= 15 is 0 Å². The molecular weight excluding hydrogens is 282 g/mol. The Labute approximate surface area is 97.8 Å². The Balaban J connectivity index is 2.72. The Bertz CT molecular complexity index is 377. The number of aromatic amines is 1. The Hall–Kier alpha value is -0.400. The minimum Gasteiger partial charge on any atom is -0.284 e. The number of nitrogens with one attached hydrogen (secondary N) is 2. The van der Waals surface area contributed by atoms with Gasteiger partial charge in [0, 0.05) is 17.6 Å². The van der Waals surface area contributed by atoms with Gasteiger partial charge in [0.2, 0.25) is 10.0 Å². The van der Waals surface area contributed by atoms with Crippen molar-refractivity contribution in [3.8, 4) is 0 Å². The van der Waals surface area contributed by atoms with Crippen molar-refractivity contribution in [1.82, 2.24) is 14.9 Å². The lowest BCUT2D eigenvalue weighted by molar-refractivity contribution is 0.533. The van der Waals surface area contributed by atoms with Crippen molar-refractivity contribution in [3.05, 3.63) is 12.4 Å². The fraction of sp³-hybridized carbons (Fsp3) is 0.625. The SMILES string of the molecule is CCC(CCBr)NS(=O)(=O)c1cn[nH]c1. The van der Waals surface area contributed by atoms with Gasteiger partial charge in [0.05, 0.1) is 6.20 Å². The number of nitrogens with zero attached hydrogens (tertiary/aromatic N) is 1. The third kappa shape index (κ3) is 3.58. The average molecular weight is 296 g/mol. The average Bonchev–Trinajstić information content (AvgIpc) is 2.70. The lowest BCUT2D eigenvalue weighted by Gasteiger charge is -2.14. The molecule has 0 spiro atoms. The first-order chi connectivity index (χ1) is 7.10. The summed E-state index contributed by atoms with van der Waals surface area (Å²) >= 11 is 3.29. The zero-order valence-electron chi connectivity index (χ0n) is 8.40. The van der Waals surface area contributed by atoms with Crippen molar-refractivity contribution >= 4 is 26.0 Å². The molecule has 0 aliphatic heterocycles. The quantitative estimate of drug-likeness (QED) is 0.776. The number of aromatic nitrogens is 2. The highest BCUT2D eigenvalue weighted by Gasteiger charge is 2.19. The van der Waals surface area contributed by atoms with Gasteiger partial charge < -0.3 is 0 Å². The van der Waals surface area contributed by atoms with Gasteiger partial charge >= 0.3 is 0 Å². The van der Waals surface area contributed by atoms with E-state index in [1.807, 2.05) is 6.92 Å². The molecule has 1 heterocycles. The van der Waals surface area contributed by atoms with Crippen LogP contribution in [0.2, 0.25) is 0 Å². The van der Waals surface area contributed by atoms with Gasteiger partial charge in [0.25, 0.3) is 0 Å². The van der Waals surface area contributed by atoms with Crippen molar-refractivity contribution in [2.24, 2.45) is 0 Å².